The molecule has 1 N–H and O–H groups in total. The van der Waals surface area contributed by atoms with Crippen LogP contribution in [0, 0.1) is 17.2 Å². The maximum Gasteiger partial charge on any atom is 0.233 e. The van der Waals surface area contributed by atoms with E-state index >= 15 is 0 Å². The molecule has 1 saturated heterocycles. The van der Waals surface area contributed by atoms with Crippen molar-refractivity contribution >= 4 is 5.69 Å². The van der Waals surface area contributed by atoms with Crippen molar-refractivity contribution in [3.05, 3.63) is 17.8 Å². The number of ether oxygens (including phenoxy) is 1. The first kappa shape index (κ1) is 12.7. The van der Waals surface area contributed by atoms with Gasteiger partial charge in [0.2, 0.25) is 5.88 Å². The molecule has 0 saturated carbocycles. The van der Waals surface area contributed by atoms with Crippen LogP contribution in [-0.4, -0.2) is 35.9 Å². The molecule has 1 aliphatic heterocycles. The second kappa shape index (κ2) is 4.46. The van der Waals surface area contributed by atoms with Crippen LogP contribution in [0.1, 0.15) is 19.4 Å². The quantitative estimate of drug-likeness (QED) is 0.849. The molecule has 5 heteroatoms. The highest BCUT2D eigenvalue weighted by atomic mass is 16.5. The summed E-state index contributed by atoms with van der Waals surface area (Å²) in [5.74, 6) is 0.484. The van der Waals surface area contributed by atoms with Crippen molar-refractivity contribution < 1.29 is 9.84 Å². The minimum absolute atomic E-state index is 0.156. The molecule has 0 bridgehead atoms. The smallest absolute Gasteiger partial charge is 0.233 e. The van der Waals surface area contributed by atoms with Crippen LogP contribution in [-0.2, 0) is 0 Å². The average Bonchev–Trinajstić information content (AvgIpc) is 2.62. The third-order valence-electron chi connectivity index (χ3n) is 3.61. The molecule has 2 atom stereocenters. The summed E-state index contributed by atoms with van der Waals surface area (Å²) in [7, 11) is 1.50. The van der Waals surface area contributed by atoms with E-state index in [9.17, 15) is 10.4 Å². The zero-order valence-electron chi connectivity index (χ0n) is 10.8. The van der Waals surface area contributed by atoms with E-state index in [2.05, 4.69) is 11.1 Å². The predicted molar refractivity (Wildman–Crippen MR) is 67.5 cm³/mol. The zero-order valence-corrected chi connectivity index (χ0v) is 10.8. The van der Waals surface area contributed by atoms with Crippen LogP contribution in [0.5, 0.6) is 5.88 Å². The highest BCUT2D eigenvalue weighted by Crippen LogP contribution is 2.34. The zero-order chi connectivity index (χ0) is 13.3. The number of β-amino-alcohol motifs (C(OH)–C–C–N with tert-alkyl or cyclic N) is 1. The van der Waals surface area contributed by atoms with Gasteiger partial charge in [-0.25, -0.2) is 4.98 Å². The predicted octanol–water partition coefficient (Wildman–Crippen LogP) is 1.17. The summed E-state index contributed by atoms with van der Waals surface area (Å²) in [4.78, 5) is 6.03. The van der Waals surface area contributed by atoms with E-state index in [4.69, 9.17) is 4.74 Å². The number of pyridine rings is 1. The Balaban J connectivity index is 2.39. The highest BCUT2D eigenvalue weighted by molar-refractivity contribution is 5.63. The highest BCUT2D eigenvalue weighted by Gasteiger charge is 2.39. The van der Waals surface area contributed by atoms with E-state index in [1.54, 1.807) is 12.3 Å². The SMILES string of the molecule is COc1nccc(N2C[C@@H](C)[C@@](C)(O)C2)c1C#N. The molecule has 2 rings (SSSR count). The Morgan fingerprint density at radius 1 is 1.67 bits per heavy atom. The fraction of sp³-hybridized carbons (Fsp3) is 0.538. The van der Waals surface area contributed by atoms with E-state index in [1.165, 1.54) is 7.11 Å². The molecule has 0 unspecified atom stereocenters. The van der Waals surface area contributed by atoms with Crippen molar-refractivity contribution in [2.24, 2.45) is 5.92 Å². The molecule has 1 aromatic heterocycles. The summed E-state index contributed by atoms with van der Waals surface area (Å²) >= 11 is 0. The summed E-state index contributed by atoms with van der Waals surface area (Å²) < 4.78 is 5.09. The number of aromatic nitrogens is 1. The van der Waals surface area contributed by atoms with Crippen molar-refractivity contribution in [1.82, 2.24) is 4.98 Å². The largest absolute Gasteiger partial charge is 0.480 e. The maximum atomic E-state index is 10.2. The standard InChI is InChI=1S/C13H17N3O2/c1-9-7-16(8-13(9,2)17)11-4-5-15-12(18-3)10(11)6-14/h4-5,9,17H,7-8H2,1-3H3/t9-,13+/m1/s1. The van der Waals surface area contributed by atoms with Gasteiger partial charge in [0.25, 0.3) is 0 Å². The van der Waals surface area contributed by atoms with Gasteiger partial charge in [-0.15, -0.1) is 0 Å². The Hall–Kier alpha value is -1.80. The molecule has 0 radical (unpaired) electrons. The number of methoxy groups -OCH3 is 1. The summed E-state index contributed by atoms with van der Waals surface area (Å²) in [5, 5.41) is 19.4. The van der Waals surface area contributed by atoms with Crippen molar-refractivity contribution in [1.29, 1.82) is 5.26 Å². The molecule has 1 aromatic rings. The number of aliphatic hydroxyl groups is 1. The van der Waals surface area contributed by atoms with E-state index in [0.29, 0.717) is 18.0 Å². The lowest BCUT2D eigenvalue weighted by Gasteiger charge is -2.22. The summed E-state index contributed by atoms with van der Waals surface area (Å²) in [6.45, 7) is 5.05. The van der Waals surface area contributed by atoms with Crippen molar-refractivity contribution in [3.8, 4) is 11.9 Å². The van der Waals surface area contributed by atoms with Gasteiger partial charge < -0.3 is 14.7 Å². The van der Waals surface area contributed by atoms with Crippen LogP contribution in [0.15, 0.2) is 12.3 Å². The first-order valence-electron chi connectivity index (χ1n) is 5.90. The molecule has 0 spiro atoms. The van der Waals surface area contributed by atoms with E-state index in [1.807, 2.05) is 18.7 Å². The first-order valence-corrected chi connectivity index (χ1v) is 5.90. The van der Waals surface area contributed by atoms with Crippen LogP contribution in [0.2, 0.25) is 0 Å². The van der Waals surface area contributed by atoms with Gasteiger partial charge in [0.15, 0.2) is 0 Å². The number of hydrogen-bond acceptors (Lipinski definition) is 5. The van der Waals surface area contributed by atoms with Crippen LogP contribution < -0.4 is 9.64 Å². The van der Waals surface area contributed by atoms with Gasteiger partial charge in [0.1, 0.15) is 11.6 Å². The first-order chi connectivity index (χ1) is 8.49. The minimum atomic E-state index is -0.733. The lowest BCUT2D eigenvalue weighted by molar-refractivity contribution is 0.0443. The van der Waals surface area contributed by atoms with Crippen LogP contribution in [0.3, 0.4) is 0 Å². The molecule has 0 amide bonds. The normalized spacial score (nSPS) is 27.1. The van der Waals surface area contributed by atoms with Gasteiger partial charge in [-0.05, 0) is 13.0 Å². The third kappa shape index (κ3) is 2.00. The van der Waals surface area contributed by atoms with Gasteiger partial charge >= 0.3 is 0 Å². The molecule has 1 aliphatic rings. The van der Waals surface area contributed by atoms with E-state index < -0.39 is 5.60 Å². The Kier molecular flexibility index (Phi) is 3.14. The molecular weight excluding hydrogens is 230 g/mol. The van der Waals surface area contributed by atoms with Crippen LogP contribution >= 0.6 is 0 Å². The number of anilines is 1. The summed E-state index contributed by atoms with van der Waals surface area (Å²) in [6.07, 6.45) is 1.62. The lowest BCUT2D eigenvalue weighted by Crippen LogP contribution is -2.33. The van der Waals surface area contributed by atoms with Gasteiger partial charge in [-0.1, -0.05) is 6.92 Å². The van der Waals surface area contributed by atoms with Crippen molar-refractivity contribution in [3.63, 3.8) is 0 Å². The monoisotopic (exact) mass is 247 g/mol. The van der Waals surface area contributed by atoms with Crippen molar-refractivity contribution in [2.75, 3.05) is 25.1 Å². The Labute approximate surface area is 107 Å². The summed E-state index contributed by atoms with van der Waals surface area (Å²) in [5.41, 5.74) is 0.460. The third-order valence-corrected chi connectivity index (χ3v) is 3.61. The molecule has 96 valence electrons. The van der Waals surface area contributed by atoms with Gasteiger partial charge in [0.05, 0.1) is 18.4 Å². The summed E-state index contributed by atoms with van der Waals surface area (Å²) in [6, 6.07) is 3.91. The second-order valence-corrected chi connectivity index (χ2v) is 4.96. The molecule has 0 aromatic carbocycles. The van der Waals surface area contributed by atoms with Crippen molar-refractivity contribution in [2.45, 2.75) is 19.4 Å². The molecule has 1 fully saturated rings. The van der Waals surface area contributed by atoms with E-state index in [-0.39, 0.29) is 5.92 Å². The Bertz CT molecular complexity index is 493. The minimum Gasteiger partial charge on any atom is -0.480 e. The number of rotatable bonds is 2. The molecular formula is C13H17N3O2. The topological polar surface area (TPSA) is 69.4 Å². The number of nitriles is 1. The molecule has 5 nitrogen and oxygen atoms in total. The Morgan fingerprint density at radius 3 is 2.89 bits per heavy atom. The molecule has 2 heterocycles. The number of nitrogens with zero attached hydrogens (tertiary/aromatic N) is 3. The maximum absolute atomic E-state index is 10.2. The van der Waals surface area contributed by atoms with E-state index in [0.717, 1.165) is 12.2 Å². The van der Waals surface area contributed by atoms with Crippen LogP contribution in [0.25, 0.3) is 0 Å². The molecule has 0 aliphatic carbocycles. The second-order valence-electron chi connectivity index (χ2n) is 4.96. The van der Waals surface area contributed by atoms with Gasteiger partial charge in [0, 0.05) is 25.2 Å². The Morgan fingerprint density at radius 2 is 2.39 bits per heavy atom. The van der Waals surface area contributed by atoms with Gasteiger partial charge in [-0.2, -0.15) is 5.26 Å². The fourth-order valence-corrected chi connectivity index (χ4v) is 2.27. The molecule has 18 heavy (non-hydrogen) atoms. The lowest BCUT2D eigenvalue weighted by atomic mass is 9.95. The number of hydrogen-bond donors (Lipinski definition) is 1. The average molecular weight is 247 g/mol. The fourth-order valence-electron chi connectivity index (χ4n) is 2.27. The van der Waals surface area contributed by atoms with Gasteiger partial charge in [-0.3, -0.25) is 0 Å². The van der Waals surface area contributed by atoms with Crippen LogP contribution in [0.4, 0.5) is 5.69 Å².